The van der Waals surface area contributed by atoms with Crippen LogP contribution in [0.3, 0.4) is 0 Å². The molecule has 0 heterocycles. The van der Waals surface area contributed by atoms with E-state index in [4.69, 9.17) is 4.74 Å². The van der Waals surface area contributed by atoms with Gasteiger partial charge in [-0.3, -0.25) is 0 Å². The Balaban J connectivity index is 2.45. The number of hydrogen-bond donors (Lipinski definition) is 1. The molecule has 0 saturated carbocycles. The van der Waals surface area contributed by atoms with E-state index in [9.17, 15) is 4.39 Å². The third kappa shape index (κ3) is 6.47. The van der Waals surface area contributed by atoms with Gasteiger partial charge in [-0.25, -0.2) is 4.39 Å². The Morgan fingerprint density at radius 1 is 1.10 bits per heavy atom. The first kappa shape index (κ1) is 18.0. The summed E-state index contributed by atoms with van der Waals surface area (Å²) in [6.07, 6.45) is 7.38. The van der Waals surface area contributed by atoms with Crippen LogP contribution >= 0.6 is 0 Å². The summed E-state index contributed by atoms with van der Waals surface area (Å²) >= 11 is 0. The lowest BCUT2D eigenvalue weighted by Crippen LogP contribution is -2.20. The Bertz CT molecular complexity index is 395. The van der Waals surface area contributed by atoms with Gasteiger partial charge in [0.1, 0.15) is 11.6 Å². The maximum absolute atomic E-state index is 14.0. The Morgan fingerprint density at radius 2 is 1.81 bits per heavy atom. The molecular formula is C18H30FNO. The SMILES string of the molecule is CCCCCCCCOc1cccc(F)c1C(C)NCC. The largest absolute Gasteiger partial charge is 0.493 e. The first-order valence-electron chi connectivity index (χ1n) is 8.35. The second-order valence-corrected chi connectivity index (χ2v) is 5.55. The summed E-state index contributed by atoms with van der Waals surface area (Å²) in [6.45, 7) is 7.70. The fraction of sp³-hybridized carbons (Fsp3) is 0.667. The molecule has 0 aliphatic carbocycles. The van der Waals surface area contributed by atoms with E-state index in [1.54, 1.807) is 6.07 Å². The maximum Gasteiger partial charge on any atom is 0.131 e. The van der Waals surface area contributed by atoms with E-state index in [2.05, 4.69) is 12.2 Å². The highest BCUT2D eigenvalue weighted by Crippen LogP contribution is 2.28. The molecule has 1 unspecified atom stereocenters. The highest BCUT2D eigenvalue weighted by Gasteiger charge is 2.15. The van der Waals surface area contributed by atoms with E-state index in [0.29, 0.717) is 17.9 Å². The lowest BCUT2D eigenvalue weighted by atomic mass is 10.1. The van der Waals surface area contributed by atoms with Crippen molar-refractivity contribution in [1.29, 1.82) is 0 Å². The fourth-order valence-electron chi connectivity index (χ4n) is 2.54. The quantitative estimate of drug-likeness (QED) is 0.564. The minimum absolute atomic E-state index is 0.0317. The van der Waals surface area contributed by atoms with Gasteiger partial charge in [0, 0.05) is 11.6 Å². The van der Waals surface area contributed by atoms with Gasteiger partial charge in [-0.05, 0) is 32.0 Å². The molecule has 1 N–H and O–H groups in total. The highest BCUT2D eigenvalue weighted by atomic mass is 19.1. The monoisotopic (exact) mass is 295 g/mol. The Morgan fingerprint density at radius 3 is 2.52 bits per heavy atom. The van der Waals surface area contributed by atoms with Gasteiger partial charge in [-0.15, -0.1) is 0 Å². The van der Waals surface area contributed by atoms with Gasteiger partial charge in [-0.1, -0.05) is 52.0 Å². The normalized spacial score (nSPS) is 12.4. The van der Waals surface area contributed by atoms with Crippen molar-refractivity contribution in [1.82, 2.24) is 5.32 Å². The van der Waals surface area contributed by atoms with Crippen molar-refractivity contribution in [3.8, 4) is 5.75 Å². The minimum atomic E-state index is -0.191. The number of rotatable bonds is 11. The van der Waals surface area contributed by atoms with Crippen LogP contribution in [-0.2, 0) is 0 Å². The molecule has 0 aromatic heterocycles. The van der Waals surface area contributed by atoms with Crippen LogP contribution in [0.1, 0.15) is 70.9 Å². The number of unbranched alkanes of at least 4 members (excludes halogenated alkanes) is 5. The van der Waals surface area contributed by atoms with Crippen molar-refractivity contribution in [3.63, 3.8) is 0 Å². The van der Waals surface area contributed by atoms with Crippen LogP contribution in [0.25, 0.3) is 0 Å². The molecule has 0 fully saturated rings. The van der Waals surface area contributed by atoms with Crippen LogP contribution in [0, 0.1) is 5.82 Å². The summed E-state index contributed by atoms with van der Waals surface area (Å²) in [5.74, 6) is 0.487. The number of nitrogens with one attached hydrogen (secondary N) is 1. The van der Waals surface area contributed by atoms with Crippen LogP contribution in [0.15, 0.2) is 18.2 Å². The molecule has 0 bridgehead atoms. The summed E-state index contributed by atoms with van der Waals surface area (Å²) in [6, 6.07) is 5.05. The Labute approximate surface area is 129 Å². The van der Waals surface area contributed by atoms with Crippen LogP contribution in [0.4, 0.5) is 4.39 Å². The zero-order chi connectivity index (χ0) is 15.5. The van der Waals surface area contributed by atoms with E-state index >= 15 is 0 Å². The molecule has 1 aromatic carbocycles. The molecule has 120 valence electrons. The summed E-state index contributed by atoms with van der Waals surface area (Å²) in [4.78, 5) is 0. The topological polar surface area (TPSA) is 21.3 Å². The molecular weight excluding hydrogens is 265 g/mol. The second-order valence-electron chi connectivity index (χ2n) is 5.55. The van der Waals surface area contributed by atoms with Crippen LogP contribution in [0.5, 0.6) is 5.75 Å². The van der Waals surface area contributed by atoms with Gasteiger partial charge in [0.05, 0.1) is 6.61 Å². The molecule has 0 aliphatic rings. The standard InChI is InChI=1S/C18H30FNO/c1-4-6-7-8-9-10-14-21-17-13-11-12-16(19)18(17)15(3)20-5-2/h11-13,15,20H,4-10,14H2,1-3H3. The van der Waals surface area contributed by atoms with Gasteiger partial charge in [0.25, 0.3) is 0 Å². The summed E-state index contributed by atoms with van der Waals surface area (Å²) < 4.78 is 19.8. The van der Waals surface area contributed by atoms with Crippen LogP contribution in [-0.4, -0.2) is 13.2 Å². The second kappa shape index (κ2) is 10.6. The number of hydrogen-bond acceptors (Lipinski definition) is 2. The average Bonchev–Trinajstić information content (AvgIpc) is 2.46. The molecule has 2 nitrogen and oxygen atoms in total. The summed E-state index contributed by atoms with van der Waals surface area (Å²) in [7, 11) is 0. The molecule has 21 heavy (non-hydrogen) atoms. The summed E-state index contributed by atoms with van der Waals surface area (Å²) in [5.41, 5.74) is 0.644. The smallest absolute Gasteiger partial charge is 0.131 e. The number of ether oxygens (including phenoxy) is 1. The molecule has 0 amide bonds. The third-order valence-electron chi connectivity index (χ3n) is 3.71. The predicted octanol–water partition coefficient (Wildman–Crippen LogP) is 5.24. The van der Waals surface area contributed by atoms with E-state index < -0.39 is 0 Å². The van der Waals surface area contributed by atoms with Gasteiger partial charge >= 0.3 is 0 Å². The average molecular weight is 295 g/mol. The van der Waals surface area contributed by atoms with Crippen molar-refractivity contribution in [2.24, 2.45) is 0 Å². The van der Waals surface area contributed by atoms with Gasteiger partial charge in [0.15, 0.2) is 0 Å². The molecule has 0 spiro atoms. The molecule has 3 heteroatoms. The number of halogens is 1. The number of benzene rings is 1. The van der Waals surface area contributed by atoms with Crippen molar-refractivity contribution in [2.75, 3.05) is 13.2 Å². The van der Waals surface area contributed by atoms with Crippen molar-refractivity contribution in [3.05, 3.63) is 29.6 Å². The minimum Gasteiger partial charge on any atom is -0.493 e. The van der Waals surface area contributed by atoms with Crippen molar-refractivity contribution >= 4 is 0 Å². The molecule has 0 aliphatic heterocycles. The lowest BCUT2D eigenvalue weighted by Gasteiger charge is -2.18. The van der Waals surface area contributed by atoms with Crippen LogP contribution < -0.4 is 10.1 Å². The van der Waals surface area contributed by atoms with E-state index in [-0.39, 0.29) is 11.9 Å². The highest BCUT2D eigenvalue weighted by molar-refractivity contribution is 5.37. The van der Waals surface area contributed by atoms with E-state index in [1.165, 1.54) is 38.2 Å². The Kier molecular flexibility index (Phi) is 9.07. The van der Waals surface area contributed by atoms with Crippen LogP contribution in [0.2, 0.25) is 0 Å². The van der Waals surface area contributed by atoms with Gasteiger partial charge < -0.3 is 10.1 Å². The zero-order valence-corrected chi connectivity index (χ0v) is 13.8. The Hall–Kier alpha value is -1.09. The molecule has 1 aromatic rings. The molecule has 0 saturated heterocycles. The molecule has 1 atom stereocenters. The zero-order valence-electron chi connectivity index (χ0n) is 13.8. The predicted molar refractivity (Wildman–Crippen MR) is 87.4 cm³/mol. The fourth-order valence-corrected chi connectivity index (χ4v) is 2.54. The summed E-state index contributed by atoms with van der Waals surface area (Å²) in [5, 5.41) is 3.25. The molecule has 0 radical (unpaired) electrons. The lowest BCUT2D eigenvalue weighted by molar-refractivity contribution is 0.296. The first-order chi connectivity index (χ1) is 10.2. The van der Waals surface area contributed by atoms with Gasteiger partial charge in [-0.2, -0.15) is 0 Å². The first-order valence-corrected chi connectivity index (χ1v) is 8.35. The van der Waals surface area contributed by atoms with Gasteiger partial charge in [0.2, 0.25) is 0 Å². The molecule has 1 rings (SSSR count). The maximum atomic E-state index is 14.0. The van der Waals surface area contributed by atoms with Crippen molar-refractivity contribution < 1.29 is 9.13 Å². The van der Waals surface area contributed by atoms with E-state index in [1.807, 2.05) is 19.9 Å². The van der Waals surface area contributed by atoms with E-state index in [0.717, 1.165) is 13.0 Å². The van der Waals surface area contributed by atoms with Crippen molar-refractivity contribution in [2.45, 2.75) is 65.3 Å². The third-order valence-corrected chi connectivity index (χ3v) is 3.71.